The number of furan rings is 1. The predicted molar refractivity (Wildman–Crippen MR) is 117 cm³/mol. The molecule has 156 valence electrons. The van der Waals surface area contributed by atoms with Gasteiger partial charge in [-0.15, -0.1) is 0 Å². The van der Waals surface area contributed by atoms with Crippen LogP contribution >= 0.6 is 0 Å². The normalized spacial score (nSPS) is 13.8. The molecule has 0 radical (unpaired) electrons. The lowest BCUT2D eigenvalue weighted by Crippen LogP contribution is -2.35. The zero-order valence-electron chi connectivity index (χ0n) is 17.2. The number of rotatable bonds is 4. The van der Waals surface area contributed by atoms with Crippen molar-refractivity contribution in [2.24, 2.45) is 0 Å². The number of carbonyl (C=O) groups is 1. The first-order chi connectivity index (χ1) is 14.3. The number of carbonyl (C=O) groups excluding carboxylic acids is 1. The molecule has 1 N–H and O–H groups in total. The SMILES string of the molecule is Cc1cc(C)c(S(=O)(=O)Nc2ccc3c(c2)N(C(=O)c2ccco2)CCC3)c(C)c1. The van der Waals surface area contributed by atoms with Gasteiger partial charge in [0, 0.05) is 12.2 Å². The lowest BCUT2D eigenvalue weighted by molar-refractivity contribution is 0.0958. The van der Waals surface area contributed by atoms with Crippen LogP contribution in [0.4, 0.5) is 11.4 Å². The van der Waals surface area contributed by atoms with Crippen LogP contribution in [0.15, 0.2) is 58.0 Å². The number of anilines is 2. The lowest BCUT2D eigenvalue weighted by Gasteiger charge is -2.29. The molecule has 0 unspecified atom stereocenters. The summed E-state index contributed by atoms with van der Waals surface area (Å²) in [5, 5.41) is 0. The molecule has 0 saturated carbocycles. The number of sulfonamides is 1. The fourth-order valence-corrected chi connectivity index (χ4v) is 5.68. The van der Waals surface area contributed by atoms with Crippen LogP contribution in [0.2, 0.25) is 0 Å². The third-order valence-electron chi connectivity index (χ3n) is 5.31. The van der Waals surface area contributed by atoms with Gasteiger partial charge in [0.15, 0.2) is 5.76 Å². The molecule has 0 saturated heterocycles. The smallest absolute Gasteiger partial charge is 0.293 e. The molecule has 1 aliphatic heterocycles. The van der Waals surface area contributed by atoms with E-state index in [0.717, 1.165) is 24.0 Å². The summed E-state index contributed by atoms with van der Waals surface area (Å²) in [6, 6.07) is 12.4. The van der Waals surface area contributed by atoms with Gasteiger partial charge in [-0.05, 0) is 74.6 Å². The molecular weight excluding hydrogens is 400 g/mol. The van der Waals surface area contributed by atoms with Gasteiger partial charge >= 0.3 is 0 Å². The van der Waals surface area contributed by atoms with Gasteiger partial charge < -0.3 is 9.32 Å². The molecule has 2 heterocycles. The van der Waals surface area contributed by atoms with Gasteiger partial charge in [-0.25, -0.2) is 8.42 Å². The number of hydrogen-bond donors (Lipinski definition) is 1. The molecule has 30 heavy (non-hydrogen) atoms. The number of nitrogens with zero attached hydrogens (tertiary/aromatic N) is 1. The highest BCUT2D eigenvalue weighted by Crippen LogP contribution is 2.33. The van der Waals surface area contributed by atoms with E-state index in [9.17, 15) is 13.2 Å². The Morgan fingerprint density at radius 1 is 1.07 bits per heavy atom. The van der Waals surface area contributed by atoms with E-state index in [1.165, 1.54) is 6.26 Å². The summed E-state index contributed by atoms with van der Waals surface area (Å²) in [7, 11) is -3.77. The molecule has 1 aromatic heterocycles. The number of aryl methyl sites for hydroxylation is 4. The molecule has 4 rings (SSSR count). The third kappa shape index (κ3) is 3.73. The van der Waals surface area contributed by atoms with E-state index >= 15 is 0 Å². The summed E-state index contributed by atoms with van der Waals surface area (Å²) in [5.41, 5.74) is 4.56. The summed E-state index contributed by atoms with van der Waals surface area (Å²) >= 11 is 0. The summed E-state index contributed by atoms with van der Waals surface area (Å²) in [4.78, 5) is 14.8. The van der Waals surface area contributed by atoms with E-state index < -0.39 is 10.0 Å². The number of amides is 1. The van der Waals surface area contributed by atoms with Gasteiger partial charge in [0.1, 0.15) is 0 Å². The van der Waals surface area contributed by atoms with Crippen molar-refractivity contribution in [1.29, 1.82) is 0 Å². The second-order valence-corrected chi connectivity index (χ2v) is 9.33. The number of hydrogen-bond acceptors (Lipinski definition) is 4. The molecule has 0 spiro atoms. The van der Waals surface area contributed by atoms with Crippen LogP contribution in [0.25, 0.3) is 0 Å². The minimum atomic E-state index is -3.77. The number of nitrogens with one attached hydrogen (secondary N) is 1. The maximum Gasteiger partial charge on any atom is 0.293 e. The first kappa shape index (κ1) is 20.2. The van der Waals surface area contributed by atoms with Gasteiger partial charge in [0.25, 0.3) is 15.9 Å². The molecular formula is C23H24N2O4S. The van der Waals surface area contributed by atoms with E-state index in [0.29, 0.717) is 29.0 Å². The molecule has 7 heteroatoms. The number of fused-ring (bicyclic) bond motifs is 1. The van der Waals surface area contributed by atoms with Crippen molar-refractivity contribution in [1.82, 2.24) is 0 Å². The van der Waals surface area contributed by atoms with Crippen LogP contribution in [0.1, 0.15) is 39.2 Å². The van der Waals surface area contributed by atoms with Crippen molar-refractivity contribution < 1.29 is 17.6 Å². The first-order valence-corrected chi connectivity index (χ1v) is 11.3. The first-order valence-electron chi connectivity index (χ1n) is 9.85. The lowest BCUT2D eigenvalue weighted by atomic mass is 10.0. The molecule has 2 aromatic carbocycles. The van der Waals surface area contributed by atoms with Crippen LogP contribution in [0.5, 0.6) is 0 Å². The minimum absolute atomic E-state index is 0.230. The zero-order chi connectivity index (χ0) is 21.5. The number of benzene rings is 2. The zero-order valence-corrected chi connectivity index (χ0v) is 18.0. The highest BCUT2D eigenvalue weighted by Gasteiger charge is 2.26. The van der Waals surface area contributed by atoms with E-state index in [4.69, 9.17) is 4.42 Å². The fourth-order valence-electron chi connectivity index (χ4n) is 4.18. The Morgan fingerprint density at radius 3 is 2.47 bits per heavy atom. The average molecular weight is 425 g/mol. The van der Waals surface area contributed by atoms with E-state index in [1.807, 2.05) is 25.1 Å². The average Bonchev–Trinajstić information content (AvgIpc) is 3.20. The Labute approximate surface area is 176 Å². The van der Waals surface area contributed by atoms with Gasteiger partial charge in [0.05, 0.1) is 16.8 Å². The largest absolute Gasteiger partial charge is 0.459 e. The maximum atomic E-state index is 13.1. The molecule has 0 aliphatic carbocycles. The maximum absolute atomic E-state index is 13.1. The summed E-state index contributed by atoms with van der Waals surface area (Å²) in [6.07, 6.45) is 3.14. The highest BCUT2D eigenvalue weighted by atomic mass is 32.2. The molecule has 6 nitrogen and oxygen atoms in total. The van der Waals surface area contributed by atoms with Crippen LogP contribution in [0.3, 0.4) is 0 Å². The summed E-state index contributed by atoms with van der Waals surface area (Å²) in [5.74, 6) is 0.0333. The van der Waals surface area contributed by atoms with Gasteiger partial charge in [0.2, 0.25) is 0 Å². The standard InChI is InChI=1S/C23H24N2O4S/c1-15-12-16(2)22(17(3)13-15)30(27,28)24-19-9-8-18-6-4-10-25(20(18)14-19)23(26)21-7-5-11-29-21/h5,7-9,11-14,24H,4,6,10H2,1-3H3. The minimum Gasteiger partial charge on any atom is -0.459 e. The van der Waals surface area contributed by atoms with Crippen LogP contribution in [0, 0.1) is 20.8 Å². The van der Waals surface area contributed by atoms with Crippen molar-refractivity contribution in [3.05, 3.63) is 76.7 Å². The Kier molecular flexibility index (Phi) is 5.15. The summed E-state index contributed by atoms with van der Waals surface area (Å²) < 4.78 is 34.2. The van der Waals surface area contributed by atoms with Crippen molar-refractivity contribution in [3.8, 4) is 0 Å². The molecule has 0 fully saturated rings. The Hall–Kier alpha value is -3.06. The predicted octanol–water partition coefficient (Wildman–Crippen LogP) is 4.60. The Morgan fingerprint density at radius 2 is 1.80 bits per heavy atom. The van der Waals surface area contributed by atoms with Crippen LogP contribution < -0.4 is 9.62 Å². The molecule has 3 aromatic rings. The monoisotopic (exact) mass is 424 g/mol. The van der Waals surface area contributed by atoms with E-state index in [-0.39, 0.29) is 16.6 Å². The van der Waals surface area contributed by atoms with Crippen molar-refractivity contribution in [2.75, 3.05) is 16.2 Å². The second kappa shape index (κ2) is 7.65. The fraction of sp³-hybridized carbons (Fsp3) is 0.261. The molecule has 0 atom stereocenters. The molecule has 0 bridgehead atoms. The van der Waals surface area contributed by atoms with Crippen LogP contribution in [-0.4, -0.2) is 20.9 Å². The van der Waals surface area contributed by atoms with Crippen molar-refractivity contribution in [3.63, 3.8) is 0 Å². The van der Waals surface area contributed by atoms with Crippen molar-refractivity contribution >= 4 is 27.3 Å². The van der Waals surface area contributed by atoms with Gasteiger partial charge in [-0.3, -0.25) is 9.52 Å². The van der Waals surface area contributed by atoms with Gasteiger partial charge in [-0.2, -0.15) is 0 Å². The molecule has 1 amide bonds. The topological polar surface area (TPSA) is 79.6 Å². The van der Waals surface area contributed by atoms with Crippen molar-refractivity contribution in [2.45, 2.75) is 38.5 Å². The van der Waals surface area contributed by atoms with E-state index in [2.05, 4.69) is 4.72 Å². The quantitative estimate of drug-likeness (QED) is 0.664. The molecule has 1 aliphatic rings. The highest BCUT2D eigenvalue weighted by molar-refractivity contribution is 7.92. The van der Waals surface area contributed by atoms with E-state index in [1.54, 1.807) is 43.0 Å². The third-order valence-corrected chi connectivity index (χ3v) is 6.99. The Bertz CT molecular complexity index is 1190. The Balaban J connectivity index is 1.69. The summed E-state index contributed by atoms with van der Waals surface area (Å²) in [6.45, 7) is 6.09. The van der Waals surface area contributed by atoms with Gasteiger partial charge in [-0.1, -0.05) is 23.8 Å². The second-order valence-electron chi connectivity index (χ2n) is 7.71. The van der Waals surface area contributed by atoms with Crippen LogP contribution in [-0.2, 0) is 16.4 Å².